The van der Waals surface area contributed by atoms with E-state index in [9.17, 15) is 4.79 Å². The van der Waals surface area contributed by atoms with Crippen LogP contribution in [-0.4, -0.2) is 7.11 Å². The number of rotatable bonds is 6. The van der Waals surface area contributed by atoms with Crippen LogP contribution in [0.15, 0.2) is 27.4 Å². The molecule has 136 valence electrons. The first-order valence-electron chi connectivity index (χ1n) is 9.79. The van der Waals surface area contributed by atoms with Crippen LogP contribution in [0.4, 0.5) is 0 Å². The number of aryl methyl sites for hydroxylation is 1. The van der Waals surface area contributed by atoms with Crippen molar-refractivity contribution in [2.24, 2.45) is 0 Å². The molecule has 1 aliphatic carbocycles. The smallest absolute Gasteiger partial charge is 0.339 e. The fourth-order valence-corrected chi connectivity index (χ4v) is 4.37. The Labute approximate surface area is 150 Å². The second-order valence-electron chi connectivity index (χ2n) is 7.45. The molecule has 3 nitrogen and oxygen atoms in total. The first-order valence-corrected chi connectivity index (χ1v) is 9.79. The van der Waals surface area contributed by atoms with Gasteiger partial charge in [0.1, 0.15) is 11.3 Å². The van der Waals surface area contributed by atoms with Crippen molar-refractivity contribution in [3.63, 3.8) is 0 Å². The molecule has 3 rings (SSSR count). The highest BCUT2D eigenvalue weighted by Crippen LogP contribution is 2.45. The third-order valence-electron chi connectivity index (χ3n) is 5.92. The minimum atomic E-state index is -0.222. The molecule has 1 fully saturated rings. The molecule has 0 N–H and O–H groups in total. The monoisotopic (exact) mass is 342 g/mol. The summed E-state index contributed by atoms with van der Waals surface area (Å²) >= 11 is 0. The highest BCUT2D eigenvalue weighted by atomic mass is 16.5. The second-order valence-corrected chi connectivity index (χ2v) is 7.45. The van der Waals surface area contributed by atoms with Crippen LogP contribution >= 0.6 is 0 Å². The zero-order valence-electron chi connectivity index (χ0n) is 15.8. The number of methoxy groups -OCH3 is 1. The summed E-state index contributed by atoms with van der Waals surface area (Å²) in [6.07, 6.45) is 10.6. The van der Waals surface area contributed by atoms with E-state index in [4.69, 9.17) is 9.15 Å². The molecule has 1 aromatic carbocycles. The summed E-state index contributed by atoms with van der Waals surface area (Å²) in [5.74, 6) is 0.826. The van der Waals surface area contributed by atoms with Crippen molar-refractivity contribution in [2.45, 2.75) is 77.0 Å². The molecule has 0 radical (unpaired) electrons. The van der Waals surface area contributed by atoms with Gasteiger partial charge in [-0.1, -0.05) is 46.0 Å². The maximum absolute atomic E-state index is 12.2. The number of hydrogen-bond donors (Lipinski definition) is 0. The number of benzene rings is 1. The Hall–Kier alpha value is -1.77. The Morgan fingerprint density at radius 3 is 2.52 bits per heavy atom. The van der Waals surface area contributed by atoms with Gasteiger partial charge in [-0.3, -0.25) is 0 Å². The first kappa shape index (κ1) is 18.0. The predicted molar refractivity (Wildman–Crippen MR) is 103 cm³/mol. The average Bonchev–Trinajstić information content (AvgIpc) is 2.65. The molecule has 0 atom stereocenters. The van der Waals surface area contributed by atoms with Crippen molar-refractivity contribution in [2.75, 3.05) is 7.11 Å². The summed E-state index contributed by atoms with van der Waals surface area (Å²) in [5.41, 5.74) is 2.64. The van der Waals surface area contributed by atoms with E-state index >= 15 is 0 Å². The van der Waals surface area contributed by atoms with Crippen LogP contribution in [0, 0.1) is 0 Å². The van der Waals surface area contributed by atoms with Gasteiger partial charge in [0.05, 0.1) is 12.5 Å². The van der Waals surface area contributed by atoms with Crippen LogP contribution in [0.25, 0.3) is 11.0 Å². The van der Waals surface area contributed by atoms with Gasteiger partial charge in [0.15, 0.2) is 0 Å². The van der Waals surface area contributed by atoms with Crippen molar-refractivity contribution in [1.29, 1.82) is 0 Å². The Kier molecular flexibility index (Phi) is 5.51. The molecule has 1 aromatic heterocycles. The van der Waals surface area contributed by atoms with Gasteiger partial charge in [0.25, 0.3) is 0 Å². The van der Waals surface area contributed by atoms with E-state index < -0.39 is 0 Å². The maximum Gasteiger partial charge on any atom is 0.339 e. The quantitative estimate of drug-likeness (QED) is 0.627. The molecule has 1 aliphatic rings. The molecule has 3 heteroatoms. The van der Waals surface area contributed by atoms with Crippen LogP contribution in [0.5, 0.6) is 5.75 Å². The molecule has 0 aliphatic heterocycles. The molecule has 0 unspecified atom stereocenters. The van der Waals surface area contributed by atoms with Gasteiger partial charge < -0.3 is 9.15 Å². The zero-order valence-corrected chi connectivity index (χ0v) is 15.8. The van der Waals surface area contributed by atoms with Crippen LogP contribution in [0.1, 0.15) is 76.3 Å². The lowest BCUT2D eigenvalue weighted by Crippen LogP contribution is -2.29. The highest BCUT2D eigenvalue weighted by molar-refractivity contribution is 5.85. The minimum absolute atomic E-state index is 0.206. The molecule has 25 heavy (non-hydrogen) atoms. The van der Waals surface area contributed by atoms with Crippen molar-refractivity contribution in [1.82, 2.24) is 0 Å². The normalized spacial score (nSPS) is 16.9. The van der Waals surface area contributed by atoms with Gasteiger partial charge in [0, 0.05) is 5.56 Å². The number of ether oxygens (including phenoxy) is 1. The molecule has 0 saturated heterocycles. The van der Waals surface area contributed by atoms with Crippen molar-refractivity contribution >= 4 is 11.0 Å². The van der Waals surface area contributed by atoms with Crippen molar-refractivity contribution in [3.05, 3.63) is 39.7 Å². The maximum atomic E-state index is 12.2. The van der Waals surface area contributed by atoms with E-state index in [0.717, 1.165) is 11.1 Å². The van der Waals surface area contributed by atoms with E-state index in [1.165, 1.54) is 56.9 Å². The van der Waals surface area contributed by atoms with Gasteiger partial charge >= 0.3 is 5.63 Å². The molecule has 1 saturated carbocycles. The molecule has 0 bridgehead atoms. The van der Waals surface area contributed by atoms with Gasteiger partial charge in [-0.15, -0.1) is 0 Å². The fourth-order valence-electron chi connectivity index (χ4n) is 4.37. The zero-order chi connectivity index (χ0) is 17.9. The lowest BCUT2D eigenvalue weighted by Gasteiger charge is -2.38. The number of unbranched alkanes of at least 4 members (excludes halogenated alkanes) is 1. The molecule has 0 spiro atoms. The van der Waals surface area contributed by atoms with Crippen molar-refractivity contribution in [3.8, 4) is 5.75 Å². The van der Waals surface area contributed by atoms with Crippen molar-refractivity contribution < 1.29 is 9.15 Å². The van der Waals surface area contributed by atoms with Crippen LogP contribution in [-0.2, 0) is 11.8 Å². The molecular weight excluding hydrogens is 312 g/mol. The van der Waals surface area contributed by atoms with Gasteiger partial charge in [-0.05, 0) is 54.9 Å². The standard InChI is InChI=1S/C22H30O3/c1-4-6-10-22(11-8-7-9-12-22)17-14-19(24-3)18-13-16(5-2)21(23)25-20(18)15-17/h13-15H,4-12H2,1-3H3. The summed E-state index contributed by atoms with van der Waals surface area (Å²) < 4.78 is 11.4. The summed E-state index contributed by atoms with van der Waals surface area (Å²) in [6, 6.07) is 6.24. The predicted octanol–water partition coefficient (Wildman–Crippen LogP) is 5.76. The van der Waals surface area contributed by atoms with Gasteiger partial charge in [-0.25, -0.2) is 4.79 Å². The Balaban J connectivity index is 2.16. The van der Waals surface area contributed by atoms with Crippen LogP contribution in [0.2, 0.25) is 0 Å². The van der Waals surface area contributed by atoms with Crippen LogP contribution in [0.3, 0.4) is 0 Å². The second kappa shape index (κ2) is 7.63. The Bertz CT molecular complexity index is 782. The molecule has 1 heterocycles. The SMILES string of the molecule is CCCCC1(c2cc(OC)c3cc(CC)c(=O)oc3c2)CCCCC1. The van der Waals surface area contributed by atoms with E-state index in [2.05, 4.69) is 19.1 Å². The third kappa shape index (κ3) is 3.47. The molecule has 0 amide bonds. The highest BCUT2D eigenvalue weighted by Gasteiger charge is 2.34. The summed E-state index contributed by atoms with van der Waals surface area (Å²) in [4.78, 5) is 12.2. The Morgan fingerprint density at radius 2 is 1.88 bits per heavy atom. The lowest BCUT2D eigenvalue weighted by atomic mass is 9.66. The molecular formula is C22H30O3. The van der Waals surface area contributed by atoms with E-state index in [-0.39, 0.29) is 11.0 Å². The van der Waals surface area contributed by atoms with Crippen LogP contribution < -0.4 is 10.4 Å². The number of fused-ring (bicyclic) bond motifs is 1. The van der Waals surface area contributed by atoms with Gasteiger partial charge in [0.2, 0.25) is 0 Å². The summed E-state index contributed by atoms with van der Waals surface area (Å²) in [7, 11) is 1.70. The third-order valence-corrected chi connectivity index (χ3v) is 5.92. The lowest BCUT2D eigenvalue weighted by molar-refractivity contribution is 0.266. The van der Waals surface area contributed by atoms with E-state index in [0.29, 0.717) is 17.6 Å². The largest absolute Gasteiger partial charge is 0.496 e. The van der Waals surface area contributed by atoms with Gasteiger partial charge in [-0.2, -0.15) is 0 Å². The summed E-state index contributed by atoms with van der Waals surface area (Å²) in [5, 5.41) is 0.907. The summed E-state index contributed by atoms with van der Waals surface area (Å²) in [6.45, 7) is 4.23. The first-order chi connectivity index (χ1) is 12.1. The number of hydrogen-bond acceptors (Lipinski definition) is 3. The average molecular weight is 342 g/mol. The Morgan fingerprint density at radius 1 is 1.12 bits per heavy atom. The topological polar surface area (TPSA) is 39.4 Å². The molecule has 2 aromatic rings. The minimum Gasteiger partial charge on any atom is -0.496 e. The van der Waals surface area contributed by atoms with E-state index in [1.807, 2.05) is 13.0 Å². The van der Waals surface area contributed by atoms with E-state index in [1.54, 1.807) is 7.11 Å². The fraction of sp³-hybridized carbons (Fsp3) is 0.591.